The molecule has 0 aliphatic heterocycles. The molecule has 0 amide bonds. The molecule has 0 saturated carbocycles. The molecule has 5 rings (SSSR count). The van der Waals surface area contributed by atoms with Crippen molar-refractivity contribution in [2.75, 3.05) is 11.1 Å². The Bertz CT molecular complexity index is 1530. The first-order chi connectivity index (χ1) is 16.5. The Morgan fingerprint density at radius 3 is 2.41 bits per heavy atom. The minimum Gasteiger partial charge on any atom is -0.439 e. The predicted molar refractivity (Wildman–Crippen MR) is 132 cm³/mol. The van der Waals surface area contributed by atoms with Gasteiger partial charge in [-0.05, 0) is 48.4 Å². The number of benzene rings is 2. The lowest BCUT2D eigenvalue weighted by molar-refractivity contribution is 0.462. The molecule has 3 N–H and O–H groups in total. The first kappa shape index (κ1) is 21.0. The fourth-order valence-corrected chi connectivity index (χ4v) is 4.06. The third kappa shape index (κ3) is 3.76. The van der Waals surface area contributed by atoms with Crippen molar-refractivity contribution in [3.63, 3.8) is 0 Å². The maximum absolute atomic E-state index is 8.89. The van der Waals surface area contributed by atoms with Gasteiger partial charge in [0.15, 0.2) is 6.19 Å². The van der Waals surface area contributed by atoms with Gasteiger partial charge in [-0.2, -0.15) is 5.26 Å². The zero-order valence-electron chi connectivity index (χ0n) is 18.6. The largest absolute Gasteiger partial charge is 0.439 e. The van der Waals surface area contributed by atoms with Gasteiger partial charge in [-0.1, -0.05) is 30.3 Å². The third-order valence-corrected chi connectivity index (χ3v) is 5.58. The lowest BCUT2D eigenvalue weighted by atomic mass is 9.98. The van der Waals surface area contributed by atoms with Crippen LogP contribution in [0.25, 0.3) is 33.4 Å². The number of anilines is 2. The smallest absolute Gasteiger partial charge is 0.219 e. The Balaban J connectivity index is 1.62. The van der Waals surface area contributed by atoms with Gasteiger partial charge in [0.25, 0.3) is 0 Å². The number of fused-ring (bicyclic) bond motifs is 1. The first-order valence-electron chi connectivity index (χ1n) is 10.6. The second-order valence-electron chi connectivity index (χ2n) is 7.80. The van der Waals surface area contributed by atoms with E-state index in [4.69, 9.17) is 15.7 Å². The summed E-state index contributed by atoms with van der Waals surface area (Å²) in [6.07, 6.45) is 3.41. The topological polar surface area (TPSA) is 115 Å². The van der Waals surface area contributed by atoms with Gasteiger partial charge >= 0.3 is 0 Å². The van der Waals surface area contributed by atoms with Crippen LogP contribution in [-0.2, 0) is 7.05 Å². The molecule has 0 atom stereocenters. The van der Waals surface area contributed by atoms with Crippen LogP contribution in [0.2, 0.25) is 0 Å². The summed E-state index contributed by atoms with van der Waals surface area (Å²) in [5.41, 5.74) is 12.5. The maximum atomic E-state index is 8.89. The monoisotopic (exact) mass is 447 g/mol. The number of nitrogen functional groups attached to an aromatic ring is 1. The molecule has 2 aromatic carbocycles. The molecular weight excluding hydrogens is 426 g/mol. The van der Waals surface area contributed by atoms with E-state index < -0.39 is 0 Å². The van der Waals surface area contributed by atoms with Crippen LogP contribution in [0.15, 0.2) is 73.1 Å². The van der Waals surface area contributed by atoms with Crippen molar-refractivity contribution in [2.45, 2.75) is 6.92 Å². The van der Waals surface area contributed by atoms with Crippen molar-refractivity contribution in [3.05, 3.63) is 78.8 Å². The van der Waals surface area contributed by atoms with E-state index in [1.807, 2.05) is 91.5 Å². The van der Waals surface area contributed by atoms with Crippen molar-refractivity contribution in [1.82, 2.24) is 19.5 Å². The number of nitrogens with zero attached hydrogens (tertiary/aromatic N) is 5. The summed E-state index contributed by atoms with van der Waals surface area (Å²) in [4.78, 5) is 13.1. The van der Waals surface area contributed by atoms with Crippen molar-refractivity contribution < 1.29 is 4.74 Å². The van der Waals surface area contributed by atoms with Crippen molar-refractivity contribution in [2.24, 2.45) is 7.05 Å². The Labute approximate surface area is 196 Å². The molecule has 5 aromatic rings. The van der Waals surface area contributed by atoms with Crippen LogP contribution in [0.1, 0.15) is 5.69 Å². The average Bonchev–Trinajstić information content (AvgIpc) is 3.14. The van der Waals surface area contributed by atoms with Crippen molar-refractivity contribution in [1.29, 1.82) is 5.26 Å². The van der Waals surface area contributed by atoms with Gasteiger partial charge in [-0.25, -0.2) is 15.0 Å². The van der Waals surface area contributed by atoms with Gasteiger partial charge in [-0.3, -0.25) is 5.32 Å². The number of aryl methyl sites for hydroxylation is 2. The molecule has 3 aromatic heterocycles. The molecule has 0 spiro atoms. The van der Waals surface area contributed by atoms with Gasteiger partial charge in [0.1, 0.15) is 23.5 Å². The van der Waals surface area contributed by atoms with E-state index in [9.17, 15) is 0 Å². The molecule has 166 valence electrons. The summed E-state index contributed by atoms with van der Waals surface area (Å²) >= 11 is 0. The zero-order valence-corrected chi connectivity index (χ0v) is 18.6. The summed E-state index contributed by atoms with van der Waals surface area (Å²) in [6.45, 7) is 1.92. The second kappa shape index (κ2) is 8.56. The van der Waals surface area contributed by atoms with E-state index in [1.54, 1.807) is 0 Å². The van der Waals surface area contributed by atoms with Crippen LogP contribution in [0.5, 0.6) is 11.6 Å². The summed E-state index contributed by atoms with van der Waals surface area (Å²) in [7, 11) is 1.95. The van der Waals surface area contributed by atoms with Gasteiger partial charge in [0.2, 0.25) is 5.88 Å². The number of nitrogens with one attached hydrogen (secondary N) is 1. The predicted octanol–water partition coefficient (Wildman–Crippen LogP) is 5.27. The summed E-state index contributed by atoms with van der Waals surface area (Å²) < 4.78 is 7.93. The van der Waals surface area contributed by atoms with Crippen molar-refractivity contribution in [3.8, 4) is 40.2 Å². The molecule has 34 heavy (non-hydrogen) atoms. The van der Waals surface area contributed by atoms with Crippen LogP contribution in [0, 0.1) is 18.4 Å². The van der Waals surface area contributed by atoms with E-state index in [-0.39, 0.29) is 0 Å². The average molecular weight is 448 g/mol. The first-order valence-corrected chi connectivity index (χ1v) is 10.6. The van der Waals surface area contributed by atoms with Gasteiger partial charge in [0, 0.05) is 30.1 Å². The number of nitrogens with two attached hydrogens (primary N) is 1. The molecule has 8 heteroatoms. The summed E-state index contributed by atoms with van der Waals surface area (Å²) in [5.74, 6) is 1.64. The minimum atomic E-state index is 0.411. The molecule has 0 radical (unpaired) electrons. The molecule has 0 unspecified atom stereocenters. The minimum absolute atomic E-state index is 0.411. The van der Waals surface area contributed by atoms with Crippen LogP contribution >= 0.6 is 0 Å². The lowest BCUT2D eigenvalue weighted by Gasteiger charge is -2.11. The van der Waals surface area contributed by atoms with E-state index in [2.05, 4.69) is 20.3 Å². The summed E-state index contributed by atoms with van der Waals surface area (Å²) in [5, 5.41) is 12.3. The highest BCUT2D eigenvalue weighted by Crippen LogP contribution is 2.42. The molecule has 0 bridgehead atoms. The van der Waals surface area contributed by atoms with Crippen LogP contribution in [0.4, 0.5) is 11.5 Å². The number of hydrogen-bond acceptors (Lipinski definition) is 7. The van der Waals surface area contributed by atoms with Gasteiger partial charge < -0.3 is 15.0 Å². The normalized spacial score (nSPS) is 10.7. The number of rotatable bonds is 5. The number of nitriles is 1. The highest BCUT2D eigenvalue weighted by molar-refractivity contribution is 6.07. The van der Waals surface area contributed by atoms with Crippen molar-refractivity contribution >= 4 is 22.5 Å². The molecule has 0 saturated heterocycles. The van der Waals surface area contributed by atoms with E-state index in [1.165, 1.54) is 6.33 Å². The number of aromatic nitrogens is 4. The molecule has 0 aliphatic rings. The lowest BCUT2D eigenvalue weighted by Crippen LogP contribution is -1.96. The maximum Gasteiger partial charge on any atom is 0.219 e. The Kier molecular flexibility index (Phi) is 5.28. The van der Waals surface area contributed by atoms with E-state index >= 15 is 0 Å². The number of pyridine rings is 1. The SMILES string of the molecule is Cc1cccc(Oc2ccc(-c3c(-c4ccc(NC#N)cc4)n(C)c4ncnc(N)c34)cc2)n1. The Morgan fingerprint density at radius 1 is 0.971 bits per heavy atom. The van der Waals surface area contributed by atoms with Crippen LogP contribution in [0.3, 0.4) is 0 Å². The van der Waals surface area contributed by atoms with Crippen LogP contribution < -0.4 is 15.8 Å². The Morgan fingerprint density at radius 2 is 1.71 bits per heavy atom. The molecule has 3 heterocycles. The fourth-order valence-electron chi connectivity index (χ4n) is 4.06. The van der Waals surface area contributed by atoms with Crippen LogP contribution in [-0.4, -0.2) is 19.5 Å². The third-order valence-electron chi connectivity index (χ3n) is 5.58. The number of ether oxygens (including phenoxy) is 1. The molecule has 8 nitrogen and oxygen atoms in total. The standard InChI is InChI=1S/C26H21N7O/c1-16-4-3-5-21(32-16)34-20-12-8-17(9-13-20)22-23-25(28)30-15-31-26(23)33(2)24(22)18-6-10-19(11-7-18)29-14-27/h3-13,15,29H,1-2H3,(H2,28,30,31). The highest BCUT2D eigenvalue weighted by Gasteiger charge is 2.21. The number of hydrogen-bond donors (Lipinski definition) is 2. The molecule has 0 aliphatic carbocycles. The zero-order chi connectivity index (χ0) is 23.7. The van der Waals surface area contributed by atoms with Gasteiger partial charge in [0.05, 0.1) is 11.1 Å². The Hall–Kier alpha value is -4.90. The highest BCUT2D eigenvalue weighted by atomic mass is 16.5. The van der Waals surface area contributed by atoms with Gasteiger partial charge in [-0.15, -0.1) is 0 Å². The second-order valence-corrected chi connectivity index (χ2v) is 7.80. The van der Waals surface area contributed by atoms with E-state index in [0.717, 1.165) is 44.8 Å². The molecular formula is C26H21N7O. The fraction of sp³-hybridized carbons (Fsp3) is 0.0769. The summed E-state index contributed by atoms with van der Waals surface area (Å²) in [6, 6.07) is 21.1. The van der Waals surface area contributed by atoms with E-state index in [0.29, 0.717) is 17.4 Å². The molecule has 0 fully saturated rings. The quantitative estimate of drug-likeness (QED) is 0.278.